The Hall–Kier alpha value is -1.82. The molecule has 0 saturated heterocycles. The number of nitrogens with one attached hydrogen (secondary N) is 1. The van der Waals surface area contributed by atoms with Crippen molar-refractivity contribution < 1.29 is 18.7 Å². The molecule has 0 radical (unpaired) electrons. The largest absolute Gasteiger partial charge is 0.462 e. The molecular formula is C20H19Cl3FNO3. The molecule has 0 aromatic heterocycles. The molecule has 1 unspecified atom stereocenters. The van der Waals surface area contributed by atoms with Crippen LogP contribution in [0.25, 0.3) is 0 Å². The van der Waals surface area contributed by atoms with E-state index in [0.29, 0.717) is 24.3 Å². The molecule has 2 rings (SSSR count). The fourth-order valence-corrected chi connectivity index (χ4v) is 3.07. The molecule has 0 aliphatic heterocycles. The van der Waals surface area contributed by atoms with Crippen LogP contribution in [-0.2, 0) is 20.7 Å². The Morgan fingerprint density at radius 1 is 1.00 bits per heavy atom. The number of para-hydroxylation sites is 1. The van der Waals surface area contributed by atoms with E-state index in [4.69, 9.17) is 39.5 Å². The maximum Gasteiger partial charge on any atom is 0.373 e. The fourth-order valence-electron chi connectivity index (χ4n) is 2.39. The number of benzene rings is 2. The minimum Gasteiger partial charge on any atom is -0.462 e. The highest BCUT2D eigenvalue weighted by atomic mass is 35.5. The Bertz CT molecular complexity index is 799. The van der Waals surface area contributed by atoms with Crippen molar-refractivity contribution in [2.75, 3.05) is 17.8 Å². The van der Waals surface area contributed by atoms with Crippen molar-refractivity contribution >= 4 is 52.2 Å². The summed E-state index contributed by atoms with van der Waals surface area (Å²) in [6, 6.07) is 13.0. The molecule has 0 amide bonds. The summed E-state index contributed by atoms with van der Waals surface area (Å²) < 4.78 is 20.7. The average Bonchev–Trinajstić information content (AvgIpc) is 2.68. The summed E-state index contributed by atoms with van der Waals surface area (Å²) in [4.78, 5) is 25.2. The van der Waals surface area contributed by atoms with Gasteiger partial charge in [-0.2, -0.15) is 4.39 Å². The molecule has 0 saturated carbocycles. The van der Waals surface area contributed by atoms with Crippen LogP contribution in [0.2, 0.25) is 10.0 Å². The second kappa shape index (κ2) is 10.6. The van der Waals surface area contributed by atoms with Crippen molar-refractivity contribution in [2.45, 2.75) is 25.1 Å². The number of Topliss-reactive ketones (excluding diaryl/α,β-unsaturated/α-hetero) is 1. The first-order valence-corrected chi connectivity index (χ1v) is 9.89. The van der Waals surface area contributed by atoms with Gasteiger partial charge >= 0.3 is 11.8 Å². The molecule has 0 spiro atoms. The molecule has 0 fully saturated rings. The van der Waals surface area contributed by atoms with Gasteiger partial charge in [0.05, 0.1) is 22.3 Å². The predicted octanol–water partition coefficient (Wildman–Crippen LogP) is 5.45. The van der Waals surface area contributed by atoms with E-state index in [1.54, 1.807) is 36.4 Å². The third-order valence-electron chi connectivity index (χ3n) is 3.89. The first-order chi connectivity index (χ1) is 13.4. The molecule has 1 N–H and O–H groups in total. The van der Waals surface area contributed by atoms with E-state index < -0.39 is 17.5 Å². The molecule has 0 bridgehead atoms. The lowest BCUT2D eigenvalue weighted by molar-refractivity contribution is -0.160. The zero-order valence-corrected chi connectivity index (χ0v) is 17.2. The van der Waals surface area contributed by atoms with Crippen molar-refractivity contribution in [1.82, 2.24) is 0 Å². The Balaban J connectivity index is 2.28. The monoisotopic (exact) mass is 445 g/mol. The van der Waals surface area contributed by atoms with E-state index in [9.17, 15) is 9.59 Å². The maximum absolute atomic E-state index is 15.7. The minimum atomic E-state index is -3.15. The number of esters is 1. The normalized spacial score (nSPS) is 12.9. The zero-order chi connectivity index (χ0) is 20.6. The summed E-state index contributed by atoms with van der Waals surface area (Å²) in [5.41, 5.74) is 0.490. The number of halogens is 4. The number of hydrogen-bond donors (Lipinski definition) is 1. The molecule has 0 aliphatic rings. The van der Waals surface area contributed by atoms with E-state index in [0.717, 1.165) is 0 Å². The number of rotatable bonds is 10. The summed E-state index contributed by atoms with van der Waals surface area (Å²) in [5.74, 6) is -5.12. The lowest BCUT2D eigenvalue weighted by Crippen LogP contribution is -2.51. The smallest absolute Gasteiger partial charge is 0.373 e. The van der Waals surface area contributed by atoms with Gasteiger partial charge in [-0.3, -0.25) is 4.79 Å². The molecule has 2 aromatic carbocycles. The highest BCUT2D eigenvalue weighted by molar-refractivity contribution is 6.39. The summed E-state index contributed by atoms with van der Waals surface area (Å²) in [6.07, 6.45) is 0.726. The van der Waals surface area contributed by atoms with Crippen molar-refractivity contribution in [3.05, 3.63) is 64.1 Å². The summed E-state index contributed by atoms with van der Waals surface area (Å²) in [6.45, 7) is -0.0617. The maximum atomic E-state index is 15.7. The van der Waals surface area contributed by atoms with Gasteiger partial charge in [0.1, 0.15) is 0 Å². The molecule has 28 heavy (non-hydrogen) atoms. The standard InChI is InChI=1S/C20H19Cl3FNO3/c21-11-4-5-12-28-19(27)20(24,17(26)13-14-7-2-1-3-8-14)25-18-15(22)9-6-10-16(18)23/h1-3,6-10,25H,4-5,11-13H2. The average molecular weight is 447 g/mol. The van der Waals surface area contributed by atoms with E-state index in [1.807, 2.05) is 0 Å². The molecule has 0 aliphatic carbocycles. The van der Waals surface area contributed by atoms with Gasteiger partial charge in [0.25, 0.3) is 0 Å². The van der Waals surface area contributed by atoms with E-state index >= 15 is 4.39 Å². The first-order valence-electron chi connectivity index (χ1n) is 8.60. The quantitative estimate of drug-likeness (QED) is 0.173. The Morgan fingerprint density at radius 3 is 2.25 bits per heavy atom. The van der Waals surface area contributed by atoms with Crippen molar-refractivity contribution in [2.24, 2.45) is 0 Å². The van der Waals surface area contributed by atoms with Crippen LogP contribution in [0, 0.1) is 0 Å². The number of ketones is 1. The third kappa shape index (κ3) is 5.84. The number of carbonyl (C=O) groups is 2. The Kier molecular flexibility index (Phi) is 8.55. The Morgan fingerprint density at radius 2 is 1.64 bits per heavy atom. The first kappa shape index (κ1) is 22.5. The topological polar surface area (TPSA) is 55.4 Å². The molecule has 150 valence electrons. The zero-order valence-electron chi connectivity index (χ0n) is 14.9. The SMILES string of the molecule is O=C(Cc1ccccc1)C(F)(Nc1c(Cl)cccc1Cl)C(=O)OCCCCCl. The lowest BCUT2D eigenvalue weighted by atomic mass is 10.0. The van der Waals surface area contributed by atoms with Gasteiger partial charge in [-0.1, -0.05) is 59.6 Å². The summed E-state index contributed by atoms with van der Waals surface area (Å²) in [7, 11) is 0. The summed E-state index contributed by atoms with van der Waals surface area (Å²) >= 11 is 17.7. The molecule has 2 aromatic rings. The van der Waals surface area contributed by atoms with Crippen LogP contribution in [0.15, 0.2) is 48.5 Å². The van der Waals surface area contributed by atoms with E-state index in [2.05, 4.69) is 5.32 Å². The van der Waals surface area contributed by atoms with Crippen LogP contribution in [0.1, 0.15) is 18.4 Å². The second-order valence-electron chi connectivity index (χ2n) is 6.00. The highest BCUT2D eigenvalue weighted by Gasteiger charge is 2.48. The van der Waals surface area contributed by atoms with Crippen LogP contribution in [0.4, 0.5) is 10.1 Å². The third-order valence-corrected chi connectivity index (χ3v) is 4.79. The van der Waals surface area contributed by atoms with Gasteiger partial charge < -0.3 is 10.1 Å². The van der Waals surface area contributed by atoms with Gasteiger partial charge in [-0.05, 0) is 30.5 Å². The van der Waals surface area contributed by atoms with Crippen LogP contribution < -0.4 is 5.32 Å². The van der Waals surface area contributed by atoms with Crippen LogP contribution in [0.3, 0.4) is 0 Å². The van der Waals surface area contributed by atoms with Crippen LogP contribution in [-0.4, -0.2) is 30.0 Å². The van der Waals surface area contributed by atoms with Gasteiger partial charge in [0, 0.05) is 12.3 Å². The minimum absolute atomic E-state index is 0.0617. The van der Waals surface area contributed by atoms with Gasteiger partial charge in [0.15, 0.2) is 0 Å². The number of unbranched alkanes of at least 4 members (excludes halogenated alkanes) is 1. The van der Waals surface area contributed by atoms with Crippen LogP contribution >= 0.6 is 34.8 Å². The molecule has 8 heteroatoms. The van der Waals surface area contributed by atoms with Crippen LogP contribution in [0.5, 0.6) is 0 Å². The number of anilines is 1. The second-order valence-corrected chi connectivity index (χ2v) is 7.19. The van der Waals surface area contributed by atoms with E-state index in [1.165, 1.54) is 12.1 Å². The van der Waals surface area contributed by atoms with Gasteiger partial charge in [-0.25, -0.2) is 4.79 Å². The highest BCUT2D eigenvalue weighted by Crippen LogP contribution is 2.34. The number of ether oxygens (including phenoxy) is 1. The summed E-state index contributed by atoms with van der Waals surface area (Å²) in [5, 5.41) is 2.41. The fraction of sp³-hybridized carbons (Fsp3) is 0.300. The molecule has 0 heterocycles. The lowest BCUT2D eigenvalue weighted by Gasteiger charge is -2.25. The Labute approximate surface area is 177 Å². The number of carbonyl (C=O) groups excluding carboxylic acids is 2. The molecule has 1 atom stereocenters. The van der Waals surface area contributed by atoms with Gasteiger partial charge in [-0.15, -0.1) is 11.6 Å². The molecule has 4 nitrogen and oxygen atoms in total. The number of hydrogen-bond acceptors (Lipinski definition) is 4. The number of alkyl halides is 2. The molecular weight excluding hydrogens is 428 g/mol. The van der Waals surface area contributed by atoms with Crippen molar-refractivity contribution in [3.8, 4) is 0 Å². The van der Waals surface area contributed by atoms with E-state index in [-0.39, 0.29) is 28.8 Å². The van der Waals surface area contributed by atoms with Gasteiger partial charge in [0.2, 0.25) is 5.78 Å². The van der Waals surface area contributed by atoms with Crippen molar-refractivity contribution in [1.29, 1.82) is 0 Å². The van der Waals surface area contributed by atoms with Crippen molar-refractivity contribution in [3.63, 3.8) is 0 Å². The predicted molar refractivity (Wildman–Crippen MR) is 110 cm³/mol.